The molecule has 0 saturated carbocycles. The summed E-state index contributed by atoms with van der Waals surface area (Å²) >= 11 is 3.47. The summed E-state index contributed by atoms with van der Waals surface area (Å²) in [6.07, 6.45) is 1.77. The second kappa shape index (κ2) is 12.6. The Kier molecular flexibility index (Phi) is 10.4. The standard InChI is InChI=1S/C28H49BrN2O5Si2/c1-28(2,3)38(8,9)36-22-15-21-18-30(20-34-13-14-37(5,6)7)24-17-26(35-12-10-11-29)25(33-4)16-23(24)27(32)31(21)19-22/h16-17,21-22H,10-15,18-20H2,1-9H3/t21-,22+/m0/s1. The first-order valence-corrected chi connectivity index (χ1v) is 21.6. The number of carbonyl (C=O) groups excluding carboxylic acids is 1. The Labute approximate surface area is 240 Å². The number of benzene rings is 1. The maximum absolute atomic E-state index is 14.0. The predicted molar refractivity (Wildman–Crippen MR) is 165 cm³/mol. The number of rotatable bonds is 12. The summed E-state index contributed by atoms with van der Waals surface area (Å²) in [5.41, 5.74) is 1.49. The van der Waals surface area contributed by atoms with Crippen LogP contribution >= 0.6 is 15.9 Å². The van der Waals surface area contributed by atoms with Gasteiger partial charge in [0.25, 0.3) is 5.91 Å². The maximum Gasteiger partial charge on any atom is 0.256 e. The topological polar surface area (TPSA) is 60.5 Å². The van der Waals surface area contributed by atoms with Crippen LogP contribution in [0.25, 0.3) is 0 Å². The smallest absolute Gasteiger partial charge is 0.256 e. The van der Waals surface area contributed by atoms with Crippen molar-refractivity contribution >= 4 is 43.9 Å². The van der Waals surface area contributed by atoms with Crippen LogP contribution in [0.5, 0.6) is 11.5 Å². The van der Waals surface area contributed by atoms with E-state index >= 15 is 0 Å². The fraction of sp³-hybridized carbons (Fsp3) is 0.750. The molecule has 1 fully saturated rings. The Bertz CT molecular complexity index is 964. The van der Waals surface area contributed by atoms with Gasteiger partial charge in [-0.2, -0.15) is 0 Å². The fourth-order valence-electron chi connectivity index (χ4n) is 4.65. The first kappa shape index (κ1) is 31.5. The average Bonchev–Trinajstić information content (AvgIpc) is 3.16. The van der Waals surface area contributed by atoms with Gasteiger partial charge in [-0.1, -0.05) is 56.3 Å². The number of ether oxygens (including phenoxy) is 3. The molecule has 0 aliphatic carbocycles. The molecule has 2 aliphatic rings. The van der Waals surface area contributed by atoms with E-state index in [1.807, 2.05) is 17.0 Å². The molecule has 1 saturated heterocycles. The second-order valence-electron chi connectivity index (χ2n) is 13.3. The molecule has 2 atom stereocenters. The first-order valence-electron chi connectivity index (χ1n) is 13.9. The van der Waals surface area contributed by atoms with E-state index in [9.17, 15) is 4.79 Å². The van der Waals surface area contributed by atoms with Crippen LogP contribution in [-0.2, 0) is 9.16 Å². The highest BCUT2D eigenvalue weighted by molar-refractivity contribution is 9.09. The molecular weight excluding hydrogens is 580 g/mol. The maximum atomic E-state index is 14.0. The molecule has 0 radical (unpaired) electrons. The number of nitrogens with zero attached hydrogens (tertiary/aromatic N) is 2. The number of hydrogen-bond acceptors (Lipinski definition) is 6. The van der Waals surface area contributed by atoms with Gasteiger partial charge in [-0.15, -0.1) is 0 Å². The molecule has 0 spiro atoms. The van der Waals surface area contributed by atoms with E-state index in [2.05, 4.69) is 74.3 Å². The van der Waals surface area contributed by atoms with Crippen LogP contribution < -0.4 is 14.4 Å². The van der Waals surface area contributed by atoms with Crippen molar-refractivity contribution in [2.24, 2.45) is 0 Å². The van der Waals surface area contributed by atoms with Crippen molar-refractivity contribution in [2.75, 3.05) is 50.4 Å². The lowest BCUT2D eigenvalue weighted by Crippen LogP contribution is -2.44. The van der Waals surface area contributed by atoms with Crippen molar-refractivity contribution in [3.63, 3.8) is 0 Å². The number of halogens is 1. The number of methoxy groups -OCH3 is 1. The number of amides is 1. The zero-order valence-electron chi connectivity index (χ0n) is 25.0. The van der Waals surface area contributed by atoms with E-state index in [4.69, 9.17) is 18.6 Å². The third-order valence-corrected chi connectivity index (χ3v) is 14.8. The predicted octanol–water partition coefficient (Wildman–Crippen LogP) is 6.60. The van der Waals surface area contributed by atoms with Crippen LogP contribution in [0.15, 0.2) is 12.1 Å². The van der Waals surface area contributed by atoms with E-state index in [1.54, 1.807) is 7.11 Å². The van der Waals surface area contributed by atoms with Crippen LogP contribution in [0.2, 0.25) is 43.8 Å². The SMILES string of the molecule is COc1cc2c(cc1OCCCBr)N(COCC[Si](C)(C)C)C[C@@H]1C[C@@H](O[Si](C)(C)C(C)(C)C)CN1C2=O. The van der Waals surface area contributed by atoms with Crippen molar-refractivity contribution in [1.29, 1.82) is 0 Å². The number of carbonyl (C=O) groups is 1. The molecule has 0 aromatic heterocycles. The zero-order valence-corrected chi connectivity index (χ0v) is 28.6. The van der Waals surface area contributed by atoms with Crippen molar-refractivity contribution < 1.29 is 23.4 Å². The van der Waals surface area contributed by atoms with E-state index in [-0.39, 0.29) is 23.1 Å². The number of hydrogen-bond donors (Lipinski definition) is 0. The molecule has 216 valence electrons. The van der Waals surface area contributed by atoms with E-state index in [0.29, 0.717) is 43.5 Å². The molecule has 1 amide bonds. The highest BCUT2D eigenvalue weighted by Crippen LogP contribution is 2.42. The molecular formula is C28H49BrN2O5Si2. The van der Waals surface area contributed by atoms with Crippen molar-refractivity contribution in [3.8, 4) is 11.5 Å². The fourth-order valence-corrected chi connectivity index (χ4v) is 6.99. The Morgan fingerprint density at radius 1 is 1.05 bits per heavy atom. The largest absolute Gasteiger partial charge is 0.493 e. The Balaban J connectivity index is 1.91. The minimum absolute atomic E-state index is 0.0289. The minimum atomic E-state index is -1.95. The molecule has 0 unspecified atom stereocenters. The molecule has 0 bridgehead atoms. The van der Waals surface area contributed by atoms with E-state index in [1.165, 1.54) is 0 Å². The van der Waals surface area contributed by atoms with Gasteiger partial charge in [-0.05, 0) is 43.1 Å². The molecule has 7 nitrogen and oxygen atoms in total. The summed E-state index contributed by atoms with van der Waals surface area (Å²) in [4.78, 5) is 18.2. The van der Waals surface area contributed by atoms with Gasteiger partial charge in [0.1, 0.15) is 6.73 Å². The third kappa shape index (κ3) is 7.77. The van der Waals surface area contributed by atoms with Gasteiger partial charge in [0.15, 0.2) is 19.8 Å². The summed E-state index contributed by atoms with van der Waals surface area (Å²) in [5.74, 6) is 1.27. The van der Waals surface area contributed by atoms with Gasteiger partial charge in [0, 0.05) is 39.2 Å². The van der Waals surface area contributed by atoms with Gasteiger partial charge in [0.05, 0.1) is 37.1 Å². The molecule has 0 N–H and O–H groups in total. The molecule has 2 heterocycles. The van der Waals surface area contributed by atoms with E-state index in [0.717, 1.165) is 36.5 Å². The minimum Gasteiger partial charge on any atom is -0.493 e. The van der Waals surface area contributed by atoms with Crippen LogP contribution in [0.4, 0.5) is 5.69 Å². The number of alkyl halides is 1. The van der Waals surface area contributed by atoms with Crippen LogP contribution in [-0.4, -0.2) is 84.8 Å². The quantitative estimate of drug-likeness (QED) is 0.148. The molecule has 38 heavy (non-hydrogen) atoms. The second-order valence-corrected chi connectivity index (χ2v) is 24.5. The van der Waals surface area contributed by atoms with Gasteiger partial charge >= 0.3 is 0 Å². The third-order valence-electron chi connectivity index (χ3n) is 7.97. The molecule has 1 aromatic rings. The summed E-state index contributed by atoms with van der Waals surface area (Å²) < 4.78 is 24.7. The Hall–Kier alpha value is -1.08. The lowest BCUT2D eigenvalue weighted by molar-refractivity contribution is 0.0726. The van der Waals surface area contributed by atoms with Gasteiger partial charge in [-0.25, -0.2) is 0 Å². The van der Waals surface area contributed by atoms with Crippen LogP contribution in [0.3, 0.4) is 0 Å². The molecule has 1 aromatic carbocycles. The van der Waals surface area contributed by atoms with Gasteiger partial charge < -0.3 is 28.4 Å². The normalized spacial score (nSPS) is 20.3. The van der Waals surface area contributed by atoms with Crippen LogP contribution in [0, 0.1) is 0 Å². The Morgan fingerprint density at radius 3 is 2.37 bits per heavy atom. The van der Waals surface area contributed by atoms with Crippen molar-refractivity contribution in [3.05, 3.63) is 17.7 Å². The van der Waals surface area contributed by atoms with Gasteiger partial charge in [-0.3, -0.25) is 4.79 Å². The van der Waals surface area contributed by atoms with Crippen molar-refractivity contribution in [2.45, 2.75) is 89.6 Å². The van der Waals surface area contributed by atoms with Gasteiger partial charge in [0.2, 0.25) is 0 Å². The lowest BCUT2D eigenvalue weighted by Gasteiger charge is -2.38. The number of fused-ring (bicyclic) bond motifs is 2. The molecule has 3 rings (SSSR count). The Morgan fingerprint density at radius 2 is 1.76 bits per heavy atom. The lowest BCUT2D eigenvalue weighted by atomic mass is 10.1. The van der Waals surface area contributed by atoms with Crippen LogP contribution in [0.1, 0.15) is 44.0 Å². The average molecular weight is 630 g/mol. The summed E-state index contributed by atoms with van der Waals surface area (Å²) in [6.45, 7) is 21.5. The number of anilines is 1. The van der Waals surface area contributed by atoms with Crippen molar-refractivity contribution in [1.82, 2.24) is 4.90 Å². The highest BCUT2D eigenvalue weighted by Gasteiger charge is 2.45. The van der Waals surface area contributed by atoms with E-state index < -0.39 is 16.4 Å². The molecule has 10 heteroatoms. The summed E-state index contributed by atoms with van der Waals surface area (Å²) in [6, 6.07) is 4.98. The summed E-state index contributed by atoms with van der Waals surface area (Å²) in [5, 5.41) is 0.989. The summed E-state index contributed by atoms with van der Waals surface area (Å²) in [7, 11) is -1.53. The first-order chi connectivity index (χ1) is 17.7. The monoisotopic (exact) mass is 628 g/mol. The zero-order chi connectivity index (χ0) is 28.3. The highest BCUT2D eigenvalue weighted by atomic mass is 79.9. The molecule has 2 aliphatic heterocycles.